The Morgan fingerprint density at radius 2 is 1.78 bits per heavy atom. The maximum atomic E-state index is 12.6. The normalized spacial score (nSPS) is 10.7. The van der Waals surface area contributed by atoms with Crippen LogP contribution in [0.2, 0.25) is 0 Å². The first-order valence-corrected chi connectivity index (χ1v) is 9.26. The van der Waals surface area contributed by atoms with Gasteiger partial charge >= 0.3 is 0 Å². The standard InChI is InChI=1S/C19H20N4O3S/c1-12-6-5-7-13(2)18(12)23-19(20-21-22-23)27-11-15(24)14-8-9-16(25-3)17(10-14)26-4/h5-10H,11H2,1-4H3. The fourth-order valence-corrected chi connectivity index (χ4v) is 3.54. The molecule has 3 rings (SSSR count). The number of ether oxygens (including phenoxy) is 2. The number of tetrazole rings is 1. The number of carbonyl (C=O) groups excluding carboxylic acids is 1. The van der Waals surface area contributed by atoms with E-state index >= 15 is 0 Å². The van der Waals surface area contributed by atoms with Gasteiger partial charge in [-0.25, -0.2) is 0 Å². The largest absolute Gasteiger partial charge is 0.493 e. The zero-order valence-electron chi connectivity index (χ0n) is 15.6. The summed E-state index contributed by atoms with van der Waals surface area (Å²) in [5.74, 6) is 1.27. The number of carbonyl (C=O) groups is 1. The smallest absolute Gasteiger partial charge is 0.214 e. The molecule has 0 atom stereocenters. The van der Waals surface area contributed by atoms with Crippen LogP contribution in [0.15, 0.2) is 41.6 Å². The molecule has 0 N–H and O–H groups in total. The monoisotopic (exact) mass is 384 g/mol. The maximum absolute atomic E-state index is 12.6. The fourth-order valence-electron chi connectivity index (χ4n) is 2.77. The number of hydrogen-bond donors (Lipinski definition) is 0. The Morgan fingerprint density at radius 1 is 1.07 bits per heavy atom. The van der Waals surface area contributed by atoms with Crippen molar-refractivity contribution in [1.29, 1.82) is 0 Å². The van der Waals surface area contributed by atoms with Crippen molar-refractivity contribution >= 4 is 17.5 Å². The average Bonchev–Trinajstić information content (AvgIpc) is 3.13. The number of hydrogen-bond acceptors (Lipinski definition) is 7. The molecule has 2 aromatic carbocycles. The predicted molar refractivity (Wildman–Crippen MR) is 103 cm³/mol. The zero-order valence-corrected chi connectivity index (χ0v) is 16.4. The van der Waals surface area contributed by atoms with Gasteiger partial charge < -0.3 is 9.47 Å². The van der Waals surface area contributed by atoms with Gasteiger partial charge in [-0.15, -0.1) is 5.10 Å². The molecule has 0 radical (unpaired) electrons. The van der Waals surface area contributed by atoms with E-state index < -0.39 is 0 Å². The molecule has 0 aliphatic carbocycles. The van der Waals surface area contributed by atoms with E-state index in [2.05, 4.69) is 15.5 Å². The Labute approximate surface area is 161 Å². The van der Waals surface area contributed by atoms with Crippen molar-refractivity contribution in [2.24, 2.45) is 0 Å². The van der Waals surface area contributed by atoms with Crippen LogP contribution in [-0.4, -0.2) is 46.0 Å². The molecule has 0 spiro atoms. The summed E-state index contributed by atoms with van der Waals surface area (Å²) in [6, 6.07) is 11.1. The van der Waals surface area contributed by atoms with Gasteiger partial charge in [0.05, 0.1) is 25.7 Å². The van der Waals surface area contributed by atoms with Gasteiger partial charge in [0.25, 0.3) is 0 Å². The van der Waals surface area contributed by atoms with Crippen molar-refractivity contribution in [3.05, 3.63) is 53.1 Å². The highest BCUT2D eigenvalue weighted by Crippen LogP contribution is 2.29. The van der Waals surface area contributed by atoms with E-state index in [0.717, 1.165) is 16.8 Å². The minimum Gasteiger partial charge on any atom is -0.493 e. The number of benzene rings is 2. The number of Topliss-reactive ketones (excluding diaryl/α,β-unsaturated/α-hetero) is 1. The molecule has 3 aromatic rings. The summed E-state index contributed by atoms with van der Waals surface area (Å²) in [5, 5.41) is 12.5. The highest BCUT2D eigenvalue weighted by atomic mass is 32.2. The fraction of sp³-hybridized carbons (Fsp3) is 0.263. The third-order valence-electron chi connectivity index (χ3n) is 4.13. The first-order valence-electron chi connectivity index (χ1n) is 8.28. The third-order valence-corrected chi connectivity index (χ3v) is 5.05. The van der Waals surface area contributed by atoms with Crippen LogP contribution in [0.4, 0.5) is 0 Å². The molecule has 0 unspecified atom stereocenters. The Balaban J connectivity index is 1.79. The van der Waals surface area contributed by atoms with E-state index in [0.29, 0.717) is 22.2 Å². The highest BCUT2D eigenvalue weighted by molar-refractivity contribution is 7.99. The van der Waals surface area contributed by atoms with Gasteiger partial charge in [0.2, 0.25) is 5.16 Å². The van der Waals surface area contributed by atoms with Gasteiger partial charge in [-0.3, -0.25) is 4.79 Å². The number of rotatable bonds is 7. The first kappa shape index (κ1) is 18.9. The first-order chi connectivity index (χ1) is 13.0. The maximum Gasteiger partial charge on any atom is 0.214 e. The van der Waals surface area contributed by atoms with Crippen molar-refractivity contribution in [1.82, 2.24) is 20.2 Å². The molecule has 1 heterocycles. The summed E-state index contributed by atoms with van der Waals surface area (Å²) in [7, 11) is 3.10. The number of ketones is 1. The Kier molecular flexibility index (Phi) is 5.75. The third kappa shape index (κ3) is 3.95. The van der Waals surface area contributed by atoms with Gasteiger partial charge in [0.15, 0.2) is 17.3 Å². The second-order valence-corrected chi connectivity index (χ2v) is 6.84. The summed E-state index contributed by atoms with van der Waals surface area (Å²) in [6.07, 6.45) is 0. The second kappa shape index (κ2) is 8.22. The summed E-state index contributed by atoms with van der Waals surface area (Å²) >= 11 is 1.30. The predicted octanol–water partition coefficient (Wildman–Crippen LogP) is 3.27. The molecule has 0 amide bonds. The van der Waals surface area contributed by atoms with E-state index in [-0.39, 0.29) is 11.5 Å². The van der Waals surface area contributed by atoms with Crippen molar-refractivity contribution in [3.8, 4) is 17.2 Å². The molecule has 7 nitrogen and oxygen atoms in total. The van der Waals surface area contributed by atoms with Crippen molar-refractivity contribution in [2.75, 3.05) is 20.0 Å². The lowest BCUT2D eigenvalue weighted by Crippen LogP contribution is -2.07. The number of aryl methyl sites for hydroxylation is 2. The van der Waals surface area contributed by atoms with Gasteiger partial charge in [-0.1, -0.05) is 30.0 Å². The minimum absolute atomic E-state index is 0.0444. The van der Waals surface area contributed by atoms with Gasteiger partial charge in [0.1, 0.15) is 0 Å². The molecule has 0 saturated heterocycles. The van der Waals surface area contributed by atoms with Crippen LogP contribution in [0.1, 0.15) is 21.5 Å². The number of para-hydroxylation sites is 1. The number of thioether (sulfide) groups is 1. The molecule has 0 bridgehead atoms. The minimum atomic E-state index is -0.0444. The van der Waals surface area contributed by atoms with E-state index in [1.165, 1.54) is 11.8 Å². The SMILES string of the molecule is COc1ccc(C(=O)CSc2nnnn2-c2c(C)cccc2C)cc1OC. The summed E-state index contributed by atoms with van der Waals surface area (Å²) in [6.45, 7) is 4.01. The summed E-state index contributed by atoms with van der Waals surface area (Å²) < 4.78 is 12.1. The Morgan fingerprint density at radius 3 is 2.44 bits per heavy atom. The van der Waals surface area contributed by atoms with Gasteiger partial charge in [-0.05, 0) is 53.6 Å². The van der Waals surface area contributed by atoms with Crippen molar-refractivity contribution in [3.63, 3.8) is 0 Å². The van der Waals surface area contributed by atoms with Crippen LogP contribution in [0.3, 0.4) is 0 Å². The molecule has 8 heteroatoms. The lowest BCUT2D eigenvalue weighted by molar-refractivity contribution is 0.102. The molecule has 1 aromatic heterocycles. The highest BCUT2D eigenvalue weighted by Gasteiger charge is 2.16. The number of nitrogens with zero attached hydrogens (tertiary/aromatic N) is 4. The van der Waals surface area contributed by atoms with Crippen molar-refractivity contribution < 1.29 is 14.3 Å². The van der Waals surface area contributed by atoms with Crippen molar-refractivity contribution in [2.45, 2.75) is 19.0 Å². The molecular formula is C19H20N4O3S. The van der Waals surface area contributed by atoms with Crippen LogP contribution in [0, 0.1) is 13.8 Å². The van der Waals surface area contributed by atoms with E-state index in [1.807, 2.05) is 32.0 Å². The number of aromatic nitrogens is 4. The van der Waals surface area contributed by atoms with Gasteiger partial charge in [0, 0.05) is 5.56 Å². The van der Waals surface area contributed by atoms with Crippen LogP contribution in [-0.2, 0) is 0 Å². The lowest BCUT2D eigenvalue weighted by atomic mass is 10.1. The van der Waals surface area contributed by atoms with E-state index in [1.54, 1.807) is 37.1 Å². The summed E-state index contributed by atoms with van der Waals surface area (Å²) in [5.41, 5.74) is 3.61. The molecule has 0 aliphatic rings. The quantitative estimate of drug-likeness (QED) is 0.457. The van der Waals surface area contributed by atoms with E-state index in [4.69, 9.17) is 9.47 Å². The van der Waals surface area contributed by atoms with Crippen LogP contribution in [0.5, 0.6) is 11.5 Å². The topological polar surface area (TPSA) is 79.1 Å². The Hall–Kier alpha value is -2.87. The van der Waals surface area contributed by atoms with Crippen LogP contribution < -0.4 is 9.47 Å². The van der Waals surface area contributed by atoms with E-state index in [9.17, 15) is 4.79 Å². The molecule has 140 valence electrons. The zero-order chi connectivity index (χ0) is 19.4. The number of methoxy groups -OCH3 is 2. The van der Waals surface area contributed by atoms with Gasteiger partial charge in [-0.2, -0.15) is 4.68 Å². The molecule has 0 fully saturated rings. The molecular weight excluding hydrogens is 364 g/mol. The van der Waals surface area contributed by atoms with Crippen LogP contribution in [0.25, 0.3) is 5.69 Å². The Bertz CT molecular complexity index is 951. The summed E-state index contributed by atoms with van der Waals surface area (Å²) in [4.78, 5) is 12.6. The molecule has 27 heavy (non-hydrogen) atoms. The second-order valence-electron chi connectivity index (χ2n) is 5.90. The average molecular weight is 384 g/mol. The lowest BCUT2D eigenvalue weighted by Gasteiger charge is -2.11. The molecule has 0 aliphatic heterocycles. The molecule has 0 saturated carbocycles. The van der Waals surface area contributed by atoms with Crippen LogP contribution >= 0.6 is 11.8 Å².